The summed E-state index contributed by atoms with van der Waals surface area (Å²) >= 11 is 0. The number of rotatable bonds is 8. The molecule has 142 valence electrons. The molecule has 1 aromatic carbocycles. The van der Waals surface area contributed by atoms with E-state index in [1.807, 2.05) is 12.1 Å². The van der Waals surface area contributed by atoms with Crippen molar-refractivity contribution in [1.29, 1.82) is 0 Å². The molecule has 1 aromatic rings. The number of ether oxygens (including phenoxy) is 4. The molecule has 5 rings (SSSR count). The summed E-state index contributed by atoms with van der Waals surface area (Å²) in [7, 11) is 3.18. The first-order valence-corrected chi connectivity index (χ1v) is 9.54. The van der Waals surface area contributed by atoms with Crippen molar-refractivity contribution in [1.82, 2.24) is 0 Å². The van der Waals surface area contributed by atoms with Crippen LogP contribution in [0, 0.1) is 17.8 Å². The van der Waals surface area contributed by atoms with E-state index in [1.54, 1.807) is 14.2 Å². The summed E-state index contributed by atoms with van der Waals surface area (Å²) in [6.07, 6.45) is 8.63. The molecule has 0 aliphatic heterocycles. The van der Waals surface area contributed by atoms with Crippen molar-refractivity contribution in [3.63, 3.8) is 0 Å². The molecule has 0 N–H and O–H groups in total. The van der Waals surface area contributed by atoms with Gasteiger partial charge in [-0.3, -0.25) is 4.79 Å². The number of hydrogen-bond donors (Lipinski definition) is 0. The van der Waals surface area contributed by atoms with Gasteiger partial charge in [0, 0.05) is 25.8 Å². The molecule has 0 spiro atoms. The Balaban J connectivity index is 1.75. The van der Waals surface area contributed by atoms with Gasteiger partial charge in [0.05, 0.1) is 5.56 Å². The fraction of sp³-hybridized carbons (Fsp3) is 0.667. The van der Waals surface area contributed by atoms with E-state index in [2.05, 4.69) is 0 Å². The third-order valence-corrected chi connectivity index (χ3v) is 6.51. The summed E-state index contributed by atoms with van der Waals surface area (Å²) in [5.41, 5.74) is 1.87. The molecule has 0 heterocycles. The molecule has 5 nitrogen and oxygen atoms in total. The fourth-order valence-electron chi connectivity index (χ4n) is 6.01. The monoisotopic (exact) mass is 360 g/mol. The van der Waals surface area contributed by atoms with E-state index in [9.17, 15) is 4.79 Å². The van der Waals surface area contributed by atoms with Crippen LogP contribution in [0.3, 0.4) is 0 Å². The van der Waals surface area contributed by atoms with Crippen LogP contribution in [0.2, 0.25) is 0 Å². The zero-order valence-electron chi connectivity index (χ0n) is 15.7. The Morgan fingerprint density at radius 3 is 1.96 bits per heavy atom. The van der Waals surface area contributed by atoms with E-state index in [1.165, 1.54) is 44.1 Å². The summed E-state index contributed by atoms with van der Waals surface area (Å²) in [5, 5.41) is 0. The van der Waals surface area contributed by atoms with Crippen molar-refractivity contribution in [2.45, 2.75) is 43.9 Å². The SMILES string of the molecule is COCOc1cc(OCOC)c(C23CC4CC(CC(C4)C2)C3)cc1C=O. The third-order valence-electron chi connectivity index (χ3n) is 6.51. The van der Waals surface area contributed by atoms with Crippen LogP contribution in [0.15, 0.2) is 12.1 Å². The normalized spacial score (nSPS) is 31.8. The number of carbonyl (C=O) groups excluding carboxylic acids is 1. The largest absolute Gasteiger partial charge is 0.467 e. The van der Waals surface area contributed by atoms with Crippen molar-refractivity contribution in [3.8, 4) is 11.5 Å². The molecule has 5 heteroatoms. The van der Waals surface area contributed by atoms with Crippen LogP contribution >= 0.6 is 0 Å². The van der Waals surface area contributed by atoms with E-state index in [0.717, 1.165) is 29.8 Å². The van der Waals surface area contributed by atoms with E-state index in [-0.39, 0.29) is 19.0 Å². The molecule has 4 fully saturated rings. The Bertz CT molecular complexity index is 633. The van der Waals surface area contributed by atoms with Gasteiger partial charge >= 0.3 is 0 Å². The van der Waals surface area contributed by atoms with Crippen LogP contribution in [-0.2, 0) is 14.9 Å². The van der Waals surface area contributed by atoms with Gasteiger partial charge in [-0.15, -0.1) is 0 Å². The van der Waals surface area contributed by atoms with Gasteiger partial charge in [0.25, 0.3) is 0 Å². The van der Waals surface area contributed by atoms with Gasteiger partial charge in [-0.05, 0) is 67.8 Å². The van der Waals surface area contributed by atoms with E-state index >= 15 is 0 Å². The van der Waals surface area contributed by atoms with E-state index < -0.39 is 0 Å². The van der Waals surface area contributed by atoms with Crippen molar-refractivity contribution < 1.29 is 23.7 Å². The Labute approximate surface area is 155 Å². The maximum Gasteiger partial charge on any atom is 0.188 e. The molecule has 4 saturated carbocycles. The molecule has 0 unspecified atom stereocenters. The number of benzene rings is 1. The number of carbonyl (C=O) groups is 1. The number of hydrogen-bond acceptors (Lipinski definition) is 5. The topological polar surface area (TPSA) is 54.0 Å². The summed E-state index contributed by atoms with van der Waals surface area (Å²) < 4.78 is 21.7. The van der Waals surface area contributed by atoms with E-state index in [0.29, 0.717) is 11.3 Å². The quantitative estimate of drug-likeness (QED) is 0.519. The highest BCUT2D eigenvalue weighted by atomic mass is 16.7. The Morgan fingerprint density at radius 2 is 1.46 bits per heavy atom. The van der Waals surface area contributed by atoms with Crippen LogP contribution < -0.4 is 9.47 Å². The highest BCUT2D eigenvalue weighted by Gasteiger charge is 2.52. The second-order valence-electron chi connectivity index (χ2n) is 8.30. The molecule has 0 atom stereocenters. The van der Waals surface area contributed by atoms with Crippen LogP contribution in [0.1, 0.15) is 54.4 Å². The van der Waals surface area contributed by atoms with Crippen LogP contribution in [0.25, 0.3) is 0 Å². The molecule has 26 heavy (non-hydrogen) atoms. The Kier molecular flexibility index (Phi) is 4.93. The molecule has 0 radical (unpaired) electrons. The fourth-order valence-corrected chi connectivity index (χ4v) is 6.01. The van der Waals surface area contributed by atoms with Crippen molar-refractivity contribution >= 4 is 6.29 Å². The van der Waals surface area contributed by atoms with Gasteiger partial charge in [0.1, 0.15) is 11.5 Å². The predicted octanol–water partition coefficient (Wildman–Crippen LogP) is 3.93. The zero-order valence-corrected chi connectivity index (χ0v) is 15.7. The molecule has 4 aliphatic carbocycles. The Hall–Kier alpha value is -1.59. The highest BCUT2D eigenvalue weighted by Crippen LogP contribution is 2.62. The van der Waals surface area contributed by atoms with Crippen LogP contribution in [0.5, 0.6) is 11.5 Å². The van der Waals surface area contributed by atoms with Crippen LogP contribution in [0.4, 0.5) is 0 Å². The maximum atomic E-state index is 11.7. The average molecular weight is 360 g/mol. The van der Waals surface area contributed by atoms with Crippen LogP contribution in [-0.4, -0.2) is 34.1 Å². The number of aldehydes is 1. The lowest BCUT2D eigenvalue weighted by Gasteiger charge is -2.57. The van der Waals surface area contributed by atoms with Gasteiger partial charge in [-0.2, -0.15) is 0 Å². The summed E-state index contributed by atoms with van der Waals surface area (Å²) in [5.74, 6) is 3.74. The highest BCUT2D eigenvalue weighted by molar-refractivity contribution is 5.81. The van der Waals surface area contributed by atoms with Gasteiger partial charge in [0.2, 0.25) is 0 Å². The molecule has 0 amide bonds. The summed E-state index contributed by atoms with van der Waals surface area (Å²) in [6, 6.07) is 3.84. The third kappa shape index (κ3) is 3.12. The zero-order chi connectivity index (χ0) is 18.1. The molecule has 0 aromatic heterocycles. The minimum absolute atomic E-state index is 0.0985. The van der Waals surface area contributed by atoms with Gasteiger partial charge in [0.15, 0.2) is 19.9 Å². The number of methoxy groups -OCH3 is 2. The second kappa shape index (κ2) is 7.20. The standard InChI is InChI=1S/C21H28O5/c1-23-12-25-19-7-20(26-13-24-2)18(6-17(19)11-22)21-8-14-3-15(9-21)5-16(4-14)10-21/h6-7,11,14-16H,3-5,8-10,12-13H2,1-2H3. The van der Waals surface area contributed by atoms with Crippen molar-refractivity contribution in [2.24, 2.45) is 17.8 Å². The summed E-state index contributed by atoms with van der Waals surface area (Å²) in [6.45, 7) is 0.283. The first kappa shape index (κ1) is 17.8. The minimum atomic E-state index is 0.0985. The van der Waals surface area contributed by atoms with Gasteiger partial charge in [-0.25, -0.2) is 0 Å². The summed E-state index contributed by atoms with van der Waals surface area (Å²) in [4.78, 5) is 11.7. The lowest BCUT2D eigenvalue weighted by atomic mass is 9.48. The lowest BCUT2D eigenvalue weighted by Crippen LogP contribution is -2.48. The molecular formula is C21H28O5. The second-order valence-corrected chi connectivity index (χ2v) is 8.30. The van der Waals surface area contributed by atoms with Crippen molar-refractivity contribution in [3.05, 3.63) is 23.3 Å². The first-order valence-electron chi connectivity index (χ1n) is 9.54. The first-order chi connectivity index (χ1) is 12.7. The van der Waals surface area contributed by atoms with Crippen molar-refractivity contribution in [2.75, 3.05) is 27.8 Å². The van der Waals surface area contributed by atoms with Gasteiger partial charge < -0.3 is 18.9 Å². The molecule has 0 saturated heterocycles. The maximum absolute atomic E-state index is 11.7. The Morgan fingerprint density at radius 1 is 0.923 bits per heavy atom. The average Bonchev–Trinajstić information content (AvgIpc) is 2.63. The molecule has 4 aliphatic rings. The van der Waals surface area contributed by atoms with Gasteiger partial charge in [-0.1, -0.05) is 0 Å². The molecular weight excluding hydrogens is 332 g/mol. The predicted molar refractivity (Wildman–Crippen MR) is 96.7 cm³/mol. The molecule has 4 bridgehead atoms. The lowest BCUT2D eigenvalue weighted by molar-refractivity contribution is -0.00899. The minimum Gasteiger partial charge on any atom is -0.467 e. The smallest absolute Gasteiger partial charge is 0.188 e. The van der Waals surface area contributed by atoms with E-state index in [4.69, 9.17) is 18.9 Å².